The van der Waals surface area contributed by atoms with E-state index in [1.54, 1.807) is 25.7 Å². The van der Waals surface area contributed by atoms with Gasteiger partial charge in [-0.05, 0) is 62.7 Å². The largest absolute Gasteiger partial charge is 0.0885 e. The SMILES string of the molecule is CCC/C=C\CCC1CCC2(CC2)C1. The molecule has 0 amide bonds. The van der Waals surface area contributed by atoms with Gasteiger partial charge in [0.25, 0.3) is 0 Å². The summed E-state index contributed by atoms with van der Waals surface area (Å²) in [5, 5.41) is 0. The van der Waals surface area contributed by atoms with Gasteiger partial charge in [-0.2, -0.15) is 0 Å². The van der Waals surface area contributed by atoms with E-state index in [-0.39, 0.29) is 0 Å². The van der Waals surface area contributed by atoms with Crippen molar-refractivity contribution in [1.29, 1.82) is 0 Å². The Hall–Kier alpha value is -0.260. The Balaban J connectivity index is 1.58. The Bertz CT molecular complexity index is 198. The summed E-state index contributed by atoms with van der Waals surface area (Å²) in [4.78, 5) is 0. The first kappa shape index (κ1) is 10.3. The summed E-state index contributed by atoms with van der Waals surface area (Å²) in [6.07, 6.45) is 17.9. The third kappa shape index (κ3) is 2.62. The molecule has 2 saturated carbocycles. The van der Waals surface area contributed by atoms with Crippen LogP contribution in [0.15, 0.2) is 12.2 Å². The standard InChI is InChI=1S/C14H24/c1-2-3-4-5-6-7-13-8-9-14(12-13)10-11-14/h4-5,13H,2-3,6-12H2,1H3/b5-4-. The second-order valence-corrected chi connectivity index (χ2v) is 5.45. The lowest BCUT2D eigenvalue weighted by Crippen LogP contribution is -1.95. The van der Waals surface area contributed by atoms with E-state index in [4.69, 9.17) is 0 Å². The van der Waals surface area contributed by atoms with Crippen molar-refractivity contribution in [3.05, 3.63) is 12.2 Å². The van der Waals surface area contributed by atoms with Crippen molar-refractivity contribution in [2.45, 2.75) is 64.7 Å². The molecule has 2 fully saturated rings. The van der Waals surface area contributed by atoms with Crippen LogP contribution in [0.25, 0.3) is 0 Å². The molecule has 0 aliphatic heterocycles. The molecule has 2 aliphatic rings. The van der Waals surface area contributed by atoms with E-state index in [9.17, 15) is 0 Å². The first-order valence-corrected chi connectivity index (χ1v) is 6.50. The van der Waals surface area contributed by atoms with E-state index >= 15 is 0 Å². The average molecular weight is 192 g/mol. The first-order chi connectivity index (χ1) is 6.85. The fourth-order valence-corrected chi connectivity index (χ4v) is 2.94. The van der Waals surface area contributed by atoms with Gasteiger partial charge in [0.15, 0.2) is 0 Å². The normalized spacial score (nSPS) is 29.1. The molecule has 0 radical (unpaired) electrons. The number of hydrogen-bond donors (Lipinski definition) is 0. The van der Waals surface area contributed by atoms with Crippen molar-refractivity contribution in [1.82, 2.24) is 0 Å². The fourth-order valence-electron chi connectivity index (χ4n) is 2.94. The molecule has 0 aromatic carbocycles. The predicted octanol–water partition coefficient (Wildman–Crippen LogP) is 4.70. The lowest BCUT2D eigenvalue weighted by molar-refractivity contribution is 0.457. The summed E-state index contributed by atoms with van der Waals surface area (Å²) in [6.45, 7) is 2.25. The van der Waals surface area contributed by atoms with E-state index in [1.807, 2.05) is 0 Å². The van der Waals surface area contributed by atoms with Crippen molar-refractivity contribution in [2.24, 2.45) is 11.3 Å². The van der Waals surface area contributed by atoms with Gasteiger partial charge in [-0.15, -0.1) is 0 Å². The van der Waals surface area contributed by atoms with Gasteiger partial charge in [0, 0.05) is 0 Å². The molecule has 0 saturated heterocycles. The Morgan fingerprint density at radius 1 is 1.14 bits per heavy atom. The van der Waals surface area contributed by atoms with Gasteiger partial charge in [-0.3, -0.25) is 0 Å². The maximum absolute atomic E-state index is 2.40. The van der Waals surface area contributed by atoms with Crippen molar-refractivity contribution in [2.75, 3.05) is 0 Å². The van der Waals surface area contributed by atoms with Gasteiger partial charge >= 0.3 is 0 Å². The summed E-state index contributed by atoms with van der Waals surface area (Å²) in [5.74, 6) is 1.07. The Labute approximate surface area is 88.8 Å². The van der Waals surface area contributed by atoms with Crippen LogP contribution in [0.2, 0.25) is 0 Å². The lowest BCUT2D eigenvalue weighted by atomic mass is 9.98. The Morgan fingerprint density at radius 3 is 2.57 bits per heavy atom. The van der Waals surface area contributed by atoms with Gasteiger partial charge < -0.3 is 0 Å². The van der Waals surface area contributed by atoms with E-state index in [0.29, 0.717) is 0 Å². The fraction of sp³-hybridized carbons (Fsp3) is 0.857. The van der Waals surface area contributed by atoms with Gasteiger partial charge in [0.2, 0.25) is 0 Å². The molecule has 0 bridgehead atoms. The highest BCUT2D eigenvalue weighted by atomic mass is 14.5. The number of hydrogen-bond acceptors (Lipinski definition) is 0. The minimum absolute atomic E-state index is 0.887. The summed E-state index contributed by atoms with van der Waals surface area (Å²) in [5.41, 5.74) is 0.887. The molecule has 1 atom stereocenters. The smallest absolute Gasteiger partial charge is 0.0294 e. The van der Waals surface area contributed by atoms with E-state index in [2.05, 4.69) is 19.1 Å². The molecule has 80 valence electrons. The van der Waals surface area contributed by atoms with Gasteiger partial charge in [-0.25, -0.2) is 0 Å². The summed E-state index contributed by atoms with van der Waals surface area (Å²) < 4.78 is 0. The van der Waals surface area contributed by atoms with Crippen molar-refractivity contribution in [3.63, 3.8) is 0 Å². The highest BCUT2D eigenvalue weighted by Gasteiger charge is 2.47. The summed E-state index contributed by atoms with van der Waals surface area (Å²) in [6, 6.07) is 0. The second kappa shape index (κ2) is 4.51. The van der Waals surface area contributed by atoms with Gasteiger partial charge in [0.05, 0.1) is 0 Å². The molecule has 0 nitrogen and oxygen atoms in total. The zero-order valence-corrected chi connectivity index (χ0v) is 9.60. The third-order valence-corrected chi connectivity index (χ3v) is 4.13. The molecule has 14 heavy (non-hydrogen) atoms. The maximum atomic E-state index is 2.40. The molecular weight excluding hydrogens is 168 g/mol. The van der Waals surface area contributed by atoms with Crippen LogP contribution in [0.5, 0.6) is 0 Å². The van der Waals surface area contributed by atoms with Crippen LogP contribution >= 0.6 is 0 Å². The molecule has 2 rings (SSSR count). The van der Waals surface area contributed by atoms with Crippen molar-refractivity contribution < 1.29 is 0 Å². The average Bonchev–Trinajstić information content (AvgIpc) is 2.80. The Kier molecular flexibility index (Phi) is 3.30. The Morgan fingerprint density at radius 2 is 1.93 bits per heavy atom. The molecule has 0 heterocycles. The number of rotatable bonds is 5. The van der Waals surface area contributed by atoms with Crippen LogP contribution in [-0.2, 0) is 0 Å². The lowest BCUT2D eigenvalue weighted by Gasteiger charge is -2.07. The van der Waals surface area contributed by atoms with E-state index in [1.165, 1.54) is 32.1 Å². The van der Waals surface area contributed by atoms with Gasteiger partial charge in [-0.1, -0.05) is 25.5 Å². The summed E-state index contributed by atoms with van der Waals surface area (Å²) >= 11 is 0. The molecule has 2 aliphatic carbocycles. The topological polar surface area (TPSA) is 0 Å². The van der Waals surface area contributed by atoms with Crippen LogP contribution in [-0.4, -0.2) is 0 Å². The monoisotopic (exact) mass is 192 g/mol. The number of unbranched alkanes of at least 4 members (excludes halogenated alkanes) is 1. The van der Waals surface area contributed by atoms with Crippen molar-refractivity contribution in [3.8, 4) is 0 Å². The molecule has 1 spiro atoms. The predicted molar refractivity (Wildman–Crippen MR) is 62.3 cm³/mol. The highest BCUT2D eigenvalue weighted by Crippen LogP contribution is 2.60. The first-order valence-electron chi connectivity index (χ1n) is 6.50. The zero-order chi connectivity index (χ0) is 9.86. The van der Waals surface area contributed by atoms with Gasteiger partial charge in [0.1, 0.15) is 0 Å². The minimum Gasteiger partial charge on any atom is -0.0885 e. The highest BCUT2D eigenvalue weighted by molar-refractivity contribution is 4.99. The van der Waals surface area contributed by atoms with Crippen LogP contribution in [0.1, 0.15) is 64.7 Å². The molecule has 0 aromatic rings. The summed E-state index contributed by atoms with van der Waals surface area (Å²) in [7, 11) is 0. The van der Waals surface area contributed by atoms with E-state index in [0.717, 1.165) is 11.3 Å². The zero-order valence-electron chi connectivity index (χ0n) is 9.60. The second-order valence-electron chi connectivity index (χ2n) is 5.45. The van der Waals surface area contributed by atoms with Crippen LogP contribution in [0.3, 0.4) is 0 Å². The van der Waals surface area contributed by atoms with Crippen LogP contribution in [0.4, 0.5) is 0 Å². The van der Waals surface area contributed by atoms with Crippen LogP contribution < -0.4 is 0 Å². The number of allylic oxidation sites excluding steroid dienone is 2. The maximum Gasteiger partial charge on any atom is -0.0294 e. The quantitative estimate of drug-likeness (QED) is 0.554. The molecular formula is C14H24. The third-order valence-electron chi connectivity index (χ3n) is 4.13. The molecule has 1 unspecified atom stereocenters. The van der Waals surface area contributed by atoms with Crippen LogP contribution in [0, 0.1) is 11.3 Å². The van der Waals surface area contributed by atoms with Crippen molar-refractivity contribution >= 4 is 0 Å². The van der Waals surface area contributed by atoms with E-state index < -0.39 is 0 Å². The minimum atomic E-state index is 0.887. The molecule has 0 aromatic heterocycles. The molecule has 0 N–H and O–H groups in total. The molecule has 0 heteroatoms.